The lowest BCUT2D eigenvalue weighted by atomic mass is 9.68. The lowest BCUT2D eigenvalue weighted by Crippen LogP contribution is -2.46. The highest BCUT2D eigenvalue weighted by Crippen LogP contribution is 2.42. The maximum absolute atomic E-state index is 5.93. The Balaban J connectivity index is 1.74. The van der Waals surface area contributed by atoms with Crippen molar-refractivity contribution in [2.75, 3.05) is 38.3 Å². The van der Waals surface area contributed by atoms with E-state index >= 15 is 0 Å². The third kappa shape index (κ3) is 2.37. The smallest absolute Gasteiger partial charge is 0.163 e. The Kier molecular flexibility index (Phi) is 3.27. The van der Waals surface area contributed by atoms with Crippen LogP contribution in [0.1, 0.15) is 19.3 Å². The fraction of sp³-hybridized carbons (Fsp3) is 0.600. The summed E-state index contributed by atoms with van der Waals surface area (Å²) in [6.45, 7) is 3.07. The first-order valence-electron chi connectivity index (χ1n) is 7.03. The van der Waals surface area contributed by atoms with Gasteiger partial charge in [-0.2, -0.15) is 0 Å². The summed E-state index contributed by atoms with van der Waals surface area (Å²) in [5, 5.41) is 0. The Labute approximate surface area is 114 Å². The Hall–Kier alpha value is -1.42. The van der Waals surface area contributed by atoms with E-state index in [2.05, 4.69) is 24.1 Å². The van der Waals surface area contributed by atoms with E-state index < -0.39 is 0 Å². The number of anilines is 1. The van der Waals surface area contributed by atoms with Crippen LogP contribution in [0.25, 0.3) is 0 Å². The van der Waals surface area contributed by atoms with E-state index in [1.165, 1.54) is 24.9 Å². The molecule has 0 amide bonds. The standard InChI is InChI=1S/C15H22N2O2/c1-17(11-15(10-16)5-2-6-15)12-3-4-13-14(9-12)19-8-7-18-13/h3-4,9H,2,5-8,10-11,16H2,1H3. The molecule has 0 saturated heterocycles. The number of nitrogens with zero attached hydrogens (tertiary/aromatic N) is 1. The van der Waals surface area contributed by atoms with Crippen molar-refractivity contribution in [3.63, 3.8) is 0 Å². The molecular formula is C15H22N2O2. The maximum Gasteiger partial charge on any atom is 0.163 e. The predicted molar refractivity (Wildman–Crippen MR) is 76.0 cm³/mol. The predicted octanol–water partition coefficient (Wildman–Crippen LogP) is 2.02. The minimum Gasteiger partial charge on any atom is -0.486 e. The minimum absolute atomic E-state index is 0.321. The van der Waals surface area contributed by atoms with Crippen LogP contribution in [0.5, 0.6) is 11.5 Å². The summed E-state index contributed by atoms with van der Waals surface area (Å²) in [6, 6.07) is 6.16. The lowest BCUT2D eigenvalue weighted by Gasteiger charge is -2.44. The van der Waals surface area contributed by atoms with E-state index in [0.29, 0.717) is 18.6 Å². The highest BCUT2D eigenvalue weighted by Gasteiger charge is 2.36. The van der Waals surface area contributed by atoms with E-state index in [9.17, 15) is 0 Å². The quantitative estimate of drug-likeness (QED) is 0.902. The van der Waals surface area contributed by atoms with Gasteiger partial charge in [0.2, 0.25) is 0 Å². The summed E-state index contributed by atoms with van der Waals surface area (Å²) >= 11 is 0. The van der Waals surface area contributed by atoms with Crippen molar-refractivity contribution in [2.45, 2.75) is 19.3 Å². The van der Waals surface area contributed by atoms with Gasteiger partial charge in [-0.05, 0) is 31.5 Å². The molecule has 4 nitrogen and oxygen atoms in total. The van der Waals surface area contributed by atoms with Gasteiger partial charge >= 0.3 is 0 Å². The first-order chi connectivity index (χ1) is 9.22. The molecule has 1 aliphatic carbocycles. The summed E-state index contributed by atoms with van der Waals surface area (Å²) in [5.41, 5.74) is 7.43. The van der Waals surface area contributed by atoms with Crippen molar-refractivity contribution in [3.05, 3.63) is 18.2 Å². The number of ether oxygens (including phenoxy) is 2. The third-order valence-electron chi connectivity index (χ3n) is 4.39. The molecule has 0 unspecified atom stereocenters. The van der Waals surface area contributed by atoms with Gasteiger partial charge < -0.3 is 20.1 Å². The maximum atomic E-state index is 5.93. The Morgan fingerprint density at radius 2 is 1.95 bits per heavy atom. The molecule has 1 fully saturated rings. The van der Waals surface area contributed by atoms with E-state index in [1.54, 1.807) is 0 Å². The molecule has 0 atom stereocenters. The second kappa shape index (κ2) is 4.93. The number of rotatable bonds is 4. The molecule has 0 bridgehead atoms. The Bertz CT molecular complexity index is 452. The van der Waals surface area contributed by atoms with Crippen LogP contribution in [0.3, 0.4) is 0 Å². The van der Waals surface area contributed by atoms with E-state index in [0.717, 1.165) is 24.6 Å². The highest BCUT2D eigenvalue weighted by molar-refractivity contribution is 5.56. The van der Waals surface area contributed by atoms with Gasteiger partial charge in [0, 0.05) is 30.8 Å². The highest BCUT2D eigenvalue weighted by atomic mass is 16.6. The fourth-order valence-electron chi connectivity index (χ4n) is 2.97. The first-order valence-corrected chi connectivity index (χ1v) is 7.03. The third-order valence-corrected chi connectivity index (χ3v) is 4.39. The van der Waals surface area contributed by atoms with Crippen LogP contribution in [0.4, 0.5) is 5.69 Å². The molecule has 1 aromatic rings. The van der Waals surface area contributed by atoms with Crippen LogP contribution in [0.2, 0.25) is 0 Å². The van der Waals surface area contributed by atoms with Gasteiger partial charge in [-0.15, -0.1) is 0 Å². The molecular weight excluding hydrogens is 240 g/mol. The molecule has 0 spiro atoms. The van der Waals surface area contributed by atoms with Crippen molar-refractivity contribution in [1.82, 2.24) is 0 Å². The van der Waals surface area contributed by atoms with Gasteiger partial charge in [-0.3, -0.25) is 0 Å². The van der Waals surface area contributed by atoms with Crippen molar-refractivity contribution in [3.8, 4) is 11.5 Å². The zero-order valence-electron chi connectivity index (χ0n) is 11.5. The molecule has 104 valence electrons. The largest absolute Gasteiger partial charge is 0.486 e. The summed E-state index contributed by atoms with van der Waals surface area (Å²) in [7, 11) is 2.13. The molecule has 3 rings (SSSR count). The van der Waals surface area contributed by atoms with E-state index in [-0.39, 0.29) is 0 Å². The number of hydrogen-bond acceptors (Lipinski definition) is 4. The second-order valence-corrected chi connectivity index (χ2v) is 5.74. The molecule has 1 aromatic carbocycles. The Morgan fingerprint density at radius 3 is 2.58 bits per heavy atom. The van der Waals surface area contributed by atoms with Crippen LogP contribution in [-0.4, -0.2) is 33.4 Å². The normalized spacial score (nSPS) is 19.7. The van der Waals surface area contributed by atoms with Crippen molar-refractivity contribution in [1.29, 1.82) is 0 Å². The van der Waals surface area contributed by atoms with Gasteiger partial charge in [0.1, 0.15) is 13.2 Å². The lowest BCUT2D eigenvalue weighted by molar-refractivity contribution is 0.154. The average molecular weight is 262 g/mol. The van der Waals surface area contributed by atoms with Crippen LogP contribution in [0, 0.1) is 5.41 Å². The fourth-order valence-corrected chi connectivity index (χ4v) is 2.97. The first kappa shape index (κ1) is 12.6. The zero-order chi connectivity index (χ0) is 13.3. The molecule has 0 radical (unpaired) electrons. The number of hydrogen-bond donors (Lipinski definition) is 1. The molecule has 1 heterocycles. The number of nitrogens with two attached hydrogens (primary N) is 1. The van der Waals surface area contributed by atoms with E-state index in [1.807, 2.05) is 6.07 Å². The summed E-state index contributed by atoms with van der Waals surface area (Å²) in [4.78, 5) is 2.28. The summed E-state index contributed by atoms with van der Waals surface area (Å²) < 4.78 is 11.2. The molecule has 2 N–H and O–H groups in total. The van der Waals surface area contributed by atoms with Crippen molar-refractivity contribution >= 4 is 5.69 Å². The van der Waals surface area contributed by atoms with Crippen molar-refractivity contribution < 1.29 is 9.47 Å². The average Bonchev–Trinajstić information content (AvgIpc) is 2.42. The molecule has 1 saturated carbocycles. The van der Waals surface area contributed by atoms with Gasteiger partial charge in [0.15, 0.2) is 11.5 Å². The van der Waals surface area contributed by atoms with Crippen LogP contribution in [-0.2, 0) is 0 Å². The van der Waals surface area contributed by atoms with Gasteiger partial charge in [-0.25, -0.2) is 0 Å². The SMILES string of the molecule is CN(CC1(CN)CCC1)c1ccc2c(c1)OCCO2. The number of benzene rings is 1. The summed E-state index contributed by atoms with van der Waals surface area (Å²) in [6.07, 6.45) is 3.81. The van der Waals surface area contributed by atoms with Gasteiger partial charge in [0.05, 0.1) is 0 Å². The Morgan fingerprint density at radius 1 is 1.21 bits per heavy atom. The molecule has 4 heteroatoms. The second-order valence-electron chi connectivity index (χ2n) is 5.74. The van der Waals surface area contributed by atoms with E-state index in [4.69, 9.17) is 15.2 Å². The molecule has 19 heavy (non-hydrogen) atoms. The van der Waals surface area contributed by atoms with Crippen LogP contribution in [0.15, 0.2) is 18.2 Å². The van der Waals surface area contributed by atoms with Crippen molar-refractivity contribution in [2.24, 2.45) is 11.1 Å². The minimum atomic E-state index is 0.321. The van der Waals surface area contributed by atoms with Crippen LogP contribution < -0.4 is 20.1 Å². The molecule has 2 aliphatic rings. The van der Waals surface area contributed by atoms with Gasteiger partial charge in [-0.1, -0.05) is 6.42 Å². The molecule has 0 aromatic heterocycles. The van der Waals surface area contributed by atoms with Gasteiger partial charge in [0.25, 0.3) is 0 Å². The summed E-state index contributed by atoms with van der Waals surface area (Å²) in [5.74, 6) is 1.70. The molecule has 1 aliphatic heterocycles. The monoisotopic (exact) mass is 262 g/mol. The number of fused-ring (bicyclic) bond motifs is 1. The van der Waals surface area contributed by atoms with Crippen LogP contribution >= 0.6 is 0 Å². The topological polar surface area (TPSA) is 47.7 Å². The zero-order valence-corrected chi connectivity index (χ0v) is 11.5.